The third-order valence-corrected chi connectivity index (χ3v) is 7.67. The number of thiophene rings is 1. The lowest BCUT2D eigenvalue weighted by atomic mass is 10.1. The summed E-state index contributed by atoms with van der Waals surface area (Å²) < 4.78 is 27.7. The quantitative estimate of drug-likeness (QED) is 0.742. The Hall–Kier alpha value is -1.45. The van der Waals surface area contributed by atoms with Crippen molar-refractivity contribution in [3.05, 3.63) is 46.3 Å². The number of benzene rings is 1. The van der Waals surface area contributed by atoms with Gasteiger partial charge in [-0.15, -0.1) is 11.3 Å². The predicted molar refractivity (Wildman–Crippen MR) is 109 cm³/mol. The van der Waals surface area contributed by atoms with Crippen molar-refractivity contribution < 1.29 is 13.2 Å². The maximum Gasteiger partial charge on any atom is 0.250 e. The summed E-state index contributed by atoms with van der Waals surface area (Å²) in [4.78, 5) is 14.3. The van der Waals surface area contributed by atoms with Crippen LogP contribution in [0.25, 0.3) is 0 Å². The van der Waals surface area contributed by atoms with Crippen LogP contribution in [-0.2, 0) is 14.8 Å². The van der Waals surface area contributed by atoms with Gasteiger partial charge in [0.15, 0.2) is 0 Å². The SMILES string of the molecule is Cc1ccc(NC(=O)CN2CCC(NS(=O)(=O)c3cccs3)CC2)c(Cl)c1. The van der Waals surface area contributed by atoms with Crippen molar-refractivity contribution in [3.63, 3.8) is 0 Å². The number of nitrogens with one attached hydrogen (secondary N) is 2. The number of rotatable bonds is 6. The first-order chi connectivity index (χ1) is 12.8. The maximum absolute atomic E-state index is 12.3. The van der Waals surface area contributed by atoms with Crippen molar-refractivity contribution >= 4 is 44.6 Å². The van der Waals surface area contributed by atoms with Gasteiger partial charge in [-0.2, -0.15) is 0 Å². The fraction of sp³-hybridized carbons (Fsp3) is 0.389. The van der Waals surface area contributed by atoms with Crippen molar-refractivity contribution in [2.75, 3.05) is 25.0 Å². The van der Waals surface area contributed by atoms with Crippen LogP contribution in [0.5, 0.6) is 0 Å². The van der Waals surface area contributed by atoms with Crippen molar-refractivity contribution in [1.29, 1.82) is 0 Å². The van der Waals surface area contributed by atoms with Crippen molar-refractivity contribution in [2.24, 2.45) is 0 Å². The maximum atomic E-state index is 12.3. The summed E-state index contributed by atoms with van der Waals surface area (Å²) in [5.74, 6) is -0.127. The highest BCUT2D eigenvalue weighted by Crippen LogP contribution is 2.23. The predicted octanol–water partition coefficient (Wildman–Crippen LogP) is 3.09. The zero-order valence-corrected chi connectivity index (χ0v) is 17.3. The van der Waals surface area contributed by atoms with E-state index >= 15 is 0 Å². The third kappa shape index (κ3) is 5.52. The topological polar surface area (TPSA) is 78.5 Å². The molecule has 1 fully saturated rings. The van der Waals surface area contributed by atoms with E-state index in [1.807, 2.05) is 24.0 Å². The largest absolute Gasteiger partial charge is 0.324 e. The highest BCUT2D eigenvalue weighted by molar-refractivity contribution is 7.91. The first-order valence-electron chi connectivity index (χ1n) is 8.68. The van der Waals surface area contributed by atoms with Gasteiger partial charge in [0.25, 0.3) is 0 Å². The molecule has 1 saturated heterocycles. The molecule has 0 atom stereocenters. The standard InChI is InChI=1S/C18H22ClN3O3S2/c1-13-4-5-16(15(19)11-13)20-17(23)12-22-8-6-14(7-9-22)21-27(24,25)18-3-2-10-26-18/h2-5,10-11,14,21H,6-9,12H2,1H3,(H,20,23). The Labute approximate surface area is 168 Å². The molecule has 6 nitrogen and oxygen atoms in total. The highest BCUT2D eigenvalue weighted by atomic mass is 35.5. The summed E-state index contributed by atoms with van der Waals surface area (Å²) in [6, 6.07) is 8.71. The van der Waals surface area contributed by atoms with Crippen molar-refractivity contribution in [3.8, 4) is 0 Å². The Bertz CT molecular complexity index is 893. The monoisotopic (exact) mass is 427 g/mol. The van der Waals surface area contributed by atoms with Gasteiger partial charge in [-0.25, -0.2) is 13.1 Å². The van der Waals surface area contributed by atoms with Crippen LogP contribution >= 0.6 is 22.9 Å². The number of carbonyl (C=O) groups excluding carboxylic acids is 1. The fourth-order valence-corrected chi connectivity index (χ4v) is 5.61. The molecule has 0 unspecified atom stereocenters. The first-order valence-corrected chi connectivity index (χ1v) is 11.4. The van der Waals surface area contributed by atoms with Gasteiger partial charge in [0.2, 0.25) is 15.9 Å². The smallest absolute Gasteiger partial charge is 0.250 e. The molecule has 27 heavy (non-hydrogen) atoms. The number of nitrogens with zero attached hydrogens (tertiary/aromatic N) is 1. The second-order valence-corrected chi connectivity index (χ2v) is 9.93. The minimum absolute atomic E-state index is 0.108. The second kappa shape index (κ2) is 8.70. The molecule has 0 aliphatic carbocycles. The average Bonchev–Trinajstić information content (AvgIpc) is 3.15. The van der Waals surface area contributed by atoms with E-state index in [1.54, 1.807) is 23.6 Å². The molecule has 0 saturated carbocycles. The molecule has 146 valence electrons. The average molecular weight is 428 g/mol. The summed E-state index contributed by atoms with van der Waals surface area (Å²) in [7, 11) is -3.45. The number of piperidine rings is 1. The third-order valence-electron chi connectivity index (χ3n) is 4.44. The second-order valence-electron chi connectivity index (χ2n) is 6.64. The van der Waals surface area contributed by atoms with Crippen LogP contribution in [0.15, 0.2) is 39.9 Å². The van der Waals surface area contributed by atoms with E-state index in [1.165, 1.54) is 11.3 Å². The molecule has 9 heteroatoms. The lowest BCUT2D eigenvalue weighted by Crippen LogP contribution is -2.46. The lowest BCUT2D eigenvalue weighted by Gasteiger charge is -2.31. The Balaban J connectivity index is 1.47. The number of aryl methyl sites for hydroxylation is 1. The summed E-state index contributed by atoms with van der Waals surface area (Å²) in [6.45, 7) is 3.52. The van der Waals surface area contributed by atoms with Crippen molar-refractivity contribution in [2.45, 2.75) is 30.0 Å². The van der Waals surface area contributed by atoms with E-state index in [2.05, 4.69) is 10.0 Å². The molecule has 1 aliphatic heterocycles. The van der Waals surface area contributed by atoms with Gasteiger partial charge in [-0.05, 0) is 48.9 Å². The van der Waals surface area contributed by atoms with Gasteiger partial charge in [-0.3, -0.25) is 9.69 Å². The number of halogens is 1. The van der Waals surface area contributed by atoms with Gasteiger partial charge >= 0.3 is 0 Å². The molecule has 1 aliphatic rings. The van der Waals surface area contributed by atoms with E-state index < -0.39 is 10.0 Å². The first kappa shape index (κ1) is 20.3. The van der Waals surface area contributed by atoms with E-state index in [0.29, 0.717) is 40.9 Å². The van der Waals surface area contributed by atoms with Crippen LogP contribution in [0.1, 0.15) is 18.4 Å². The molecule has 2 aromatic rings. The van der Waals surface area contributed by atoms with E-state index in [4.69, 9.17) is 11.6 Å². The van der Waals surface area contributed by atoms with Crippen LogP contribution in [0.2, 0.25) is 5.02 Å². The summed E-state index contributed by atoms with van der Waals surface area (Å²) >= 11 is 7.35. The molecule has 0 bridgehead atoms. The molecular formula is C18H22ClN3O3S2. The molecule has 3 rings (SSSR count). The van der Waals surface area contributed by atoms with Crippen LogP contribution in [0.4, 0.5) is 5.69 Å². The van der Waals surface area contributed by atoms with Crippen LogP contribution in [0.3, 0.4) is 0 Å². The molecule has 1 aromatic heterocycles. The zero-order valence-electron chi connectivity index (χ0n) is 14.9. The number of carbonyl (C=O) groups is 1. The van der Waals surface area contributed by atoms with Crippen LogP contribution < -0.4 is 10.0 Å². The Morgan fingerprint density at radius 1 is 1.30 bits per heavy atom. The Kier molecular flexibility index (Phi) is 6.54. The van der Waals surface area contributed by atoms with E-state index in [9.17, 15) is 13.2 Å². The van der Waals surface area contributed by atoms with E-state index in [0.717, 1.165) is 5.56 Å². The molecule has 0 radical (unpaired) electrons. The summed E-state index contributed by atoms with van der Waals surface area (Å²) in [5, 5.41) is 5.09. The lowest BCUT2D eigenvalue weighted by molar-refractivity contribution is -0.117. The van der Waals surface area contributed by atoms with Gasteiger partial charge in [0, 0.05) is 19.1 Å². The van der Waals surface area contributed by atoms with Gasteiger partial charge in [0.1, 0.15) is 4.21 Å². The zero-order chi connectivity index (χ0) is 19.4. The van der Waals surface area contributed by atoms with Gasteiger partial charge in [0.05, 0.1) is 17.3 Å². The van der Waals surface area contributed by atoms with Crippen LogP contribution in [-0.4, -0.2) is 44.9 Å². The molecule has 0 spiro atoms. The fourth-order valence-electron chi connectivity index (χ4n) is 3.02. The number of amides is 1. The highest BCUT2D eigenvalue weighted by Gasteiger charge is 2.26. The number of hydrogen-bond acceptors (Lipinski definition) is 5. The number of sulfonamides is 1. The number of anilines is 1. The summed E-state index contributed by atoms with van der Waals surface area (Å²) in [6.07, 6.45) is 1.34. The minimum Gasteiger partial charge on any atom is -0.324 e. The Morgan fingerprint density at radius 2 is 2.04 bits per heavy atom. The van der Waals surface area contributed by atoms with Crippen LogP contribution in [0, 0.1) is 6.92 Å². The van der Waals surface area contributed by atoms with Crippen molar-refractivity contribution in [1.82, 2.24) is 9.62 Å². The molecular weight excluding hydrogens is 406 g/mol. The van der Waals surface area contributed by atoms with E-state index in [-0.39, 0.29) is 18.5 Å². The van der Waals surface area contributed by atoms with Gasteiger partial charge in [-0.1, -0.05) is 23.7 Å². The minimum atomic E-state index is -3.45. The number of likely N-dealkylation sites (tertiary alicyclic amines) is 1. The molecule has 1 amide bonds. The summed E-state index contributed by atoms with van der Waals surface area (Å²) in [5.41, 5.74) is 1.64. The Morgan fingerprint density at radius 3 is 2.67 bits per heavy atom. The normalized spacial score (nSPS) is 16.4. The molecule has 1 aromatic carbocycles. The van der Waals surface area contributed by atoms with Gasteiger partial charge < -0.3 is 5.32 Å². The molecule has 2 heterocycles. The molecule has 2 N–H and O–H groups in total. The number of hydrogen-bond donors (Lipinski definition) is 2.